The topological polar surface area (TPSA) is 99.1 Å². The van der Waals surface area contributed by atoms with Crippen LogP contribution in [-0.4, -0.2) is 20.1 Å². The maximum absolute atomic E-state index is 12.5. The molecular weight excluding hydrogens is 334 g/mol. The molecule has 0 saturated heterocycles. The van der Waals surface area contributed by atoms with Crippen LogP contribution in [0.15, 0.2) is 52.3 Å². The second-order valence-corrected chi connectivity index (χ2v) is 7.49. The van der Waals surface area contributed by atoms with Crippen LogP contribution in [-0.2, 0) is 14.8 Å². The summed E-state index contributed by atoms with van der Waals surface area (Å²) in [7, 11) is -3.81. The number of carbonyl (C=O) groups is 1. The van der Waals surface area contributed by atoms with Crippen molar-refractivity contribution in [3.05, 3.63) is 48.0 Å². The molecule has 1 heterocycles. The molecule has 1 aliphatic heterocycles. The van der Waals surface area contributed by atoms with Crippen molar-refractivity contribution in [3.63, 3.8) is 0 Å². The number of rotatable bonds is 3. The molecule has 1 amide bonds. The molecule has 23 heavy (non-hydrogen) atoms. The molecule has 0 aromatic heterocycles. The summed E-state index contributed by atoms with van der Waals surface area (Å²) in [5, 5.41) is 11.5. The van der Waals surface area contributed by atoms with Gasteiger partial charge in [-0.25, -0.2) is 8.42 Å². The van der Waals surface area contributed by atoms with Gasteiger partial charge in [-0.15, -0.1) is 11.8 Å². The van der Waals surface area contributed by atoms with Crippen LogP contribution in [0.4, 0.5) is 11.4 Å². The highest BCUT2D eigenvalue weighted by Crippen LogP contribution is 2.33. The van der Waals surface area contributed by atoms with Crippen molar-refractivity contribution in [2.24, 2.45) is 0 Å². The minimum absolute atomic E-state index is 0.0430. The van der Waals surface area contributed by atoms with Gasteiger partial charge in [-0.3, -0.25) is 9.52 Å². The van der Waals surface area contributed by atoms with E-state index in [1.54, 1.807) is 24.3 Å². The second kappa shape index (κ2) is 5.95. The Morgan fingerprint density at radius 2 is 2.04 bits per heavy atom. The van der Waals surface area contributed by atoms with E-state index in [4.69, 9.17) is 5.26 Å². The van der Waals surface area contributed by atoms with Gasteiger partial charge < -0.3 is 5.32 Å². The number of benzene rings is 2. The van der Waals surface area contributed by atoms with E-state index in [2.05, 4.69) is 10.0 Å². The smallest absolute Gasteiger partial charge is 0.261 e. The normalized spacial score (nSPS) is 13.6. The molecule has 2 N–H and O–H groups in total. The number of nitrogens with zero attached hydrogens (tertiary/aromatic N) is 1. The Bertz CT molecular complexity index is 933. The summed E-state index contributed by atoms with van der Waals surface area (Å²) in [6.45, 7) is 0. The van der Waals surface area contributed by atoms with Crippen LogP contribution in [0.5, 0.6) is 0 Å². The van der Waals surface area contributed by atoms with E-state index in [9.17, 15) is 13.2 Å². The number of hydrogen-bond donors (Lipinski definition) is 2. The van der Waals surface area contributed by atoms with Gasteiger partial charge in [0.25, 0.3) is 10.0 Å². The van der Waals surface area contributed by atoms with Crippen molar-refractivity contribution in [3.8, 4) is 6.07 Å². The molecular formula is C15H11N3O3S2. The van der Waals surface area contributed by atoms with Gasteiger partial charge in [0.2, 0.25) is 5.91 Å². The van der Waals surface area contributed by atoms with Gasteiger partial charge in [0.05, 0.1) is 33.7 Å². The Labute approximate surface area is 137 Å². The lowest BCUT2D eigenvalue weighted by Crippen LogP contribution is -2.20. The number of sulfonamides is 1. The summed E-state index contributed by atoms with van der Waals surface area (Å²) >= 11 is 1.36. The fraction of sp³-hybridized carbons (Fsp3) is 0.0667. The predicted molar refractivity (Wildman–Crippen MR) is 87.8 cm³/mol. The van der Waals surface area contributed by atoms with E-state index in [1.807, 2.05) is 6.07 Å². The summed E-state index contributed by atoms with van der Waals surface area (Å²) in [6, 6.07) is 12.7. The number of fused-ring (bicyclic) bond motifs is 1. The van der Waals surface area contributed by atoms with Crippen molar-refractivity contribution in [2.45, 2.75) is 9.79 Å². The van der Waals surface area contributed by atoms with Crippen molar-refractivity contribution in [2.75, 3.05) is 15.8 Å². The van der Waals surface area contributed by atoms with Crippen molar-refractivity contribution >= 4 is 39.1 Å². The van der Waals surface area contributed by atoms with E-state index in [0.29, 0.717) is 22.7 Å². The van der Waals surface area contributed by atoms with Crippen molar-refractivity contribution < 1.29 is 13.2 Å². The first-order valence-electron chi connectivity index (χ1n) is 6.58. The Morgan fingerprint density at radius 1 is 1.22 bits per heavy atom. The van der Waals surface area contributed by atoms with Crippen LogP contribution in [0.3, 0.4) is 0 Å². The summed E-state index contributed by atoms with van der Waals surface area (Å²) < 4.78 is 27.3. The molecule has 2 aromatic rings. The Hall–Kier alpha value is -2.50. The molecule has 6 nitrogen and oxygen atoms in total. The van der Waals surface area contributed by atoms with E-state index in [0.717, 1.165) is 4.90 Å². The summed E-state index contributed by atoms with van der Waals surface area (Å²) in [5.74, 6) is 0.157. The molecule has 8 heteroatoms. The summed E-state index contributed by atoms with van der Waals surface area (Å²) in [5.41, 5.74) is 1.15. The zero-order valence-electron chi connectivity index (χ0n) is 11.7. The Morgan fingerprint density at radius 3 is 2.83 bits per heavy atom. The molecule has 2 aromatic carbocycles. The van der Waals surface area contributed by atoms with Gasteiger partial charge >= 0.3 is 0 Å². The number of thioether (sulfide) groups is 1. The standard InChI is InChI=1S/C15H11N3O3S2/c16-8-10-2-1-3-11(6-10)18-23(20,21)12-4-5-14-13(7-12)17-15(19)9-22-14/h1-7,18H,9H2,(H,17,19). The lowest BCUT2D eigenvalue weighted by Gasteiger charge is -2.17. The Balaban J connectivity index is 1.92. The van der Waals surface area contributed by atoms with Crippen molar-refractivity contribution in [1.29, 1.82) is 5.26 Å². The van der Waals surface area contributed by atoms with Crippen LogP contribution in [0.1, 0.15) is 5.56 Å². The minimum Gasteiger partial charge on any atom is -0.324 e. The molecule has 3 rings (SSSR count). The molecule has 0 atom stereocenters. The third-order valence-electron chi connectivity index (χ3n) is 3.14. The van der Waals surface area contributed by atoms with Gasteiger partial charge in [0.1, 0.15) is 0 Å². The minimum atomic E-state index is -3.81. The van der Waals surface area contributed by atoms with E-state index in [1.165, 1.54) is 30.0 Å². The van der Waals surface area contributed by atoms with Crippen LogP contribution < -0.4 is 10.0 Å². The highest BCUT2D eigenvalue weighted by Gasteiger charge is 2.20. The van der Waals surface area contributed by atoms with Gasteiger partial charge in [-0.2, -0.15) is 5.26 Å². The van der Waals surface area contributed by atoms with Crippen LogP contribution in [0.2, 0.25) is 0 Å². The highest BCUT2D eigenvalue weighted by molar-refractivity contribution is 8.00. The fourth-order valence-electron chi connectivity index (χ4n) is 2.10. The van der Waals surface area contributed by atoms with Crippen LogP contribution in [0.25, 0.3) is 0 Å². The summed E-state index contributed by atoms with van der Waals surface area (Å²) in [6.07, 6.45) is 0. The quantitative estimate of drug-likeness (QED) is 0.890. The van der Waals surface area contributed by atoms with Crippen molar-refractivity contribution in [1.82, 2.24) is 0 Å². The average Bonchev–Trinajstić information content (AvgIpc) is 2.54. The molecule has 0 spiro atoms. The van der Waals surface area contributed by atoms with Gasteiger partial charge in [-0.1, -0.05) is 6.07 Å². The van der Waals surface area contributed by atoms with E-state index < -0.39 is 10.0 Å². The molecule has 0 unspecified atom stereocenters. The summed E-state index contributed by atoms with van der Waals surface area (Å²) in [4.78, 5) is 12.3. The largest absolute Gasteiger partial charge is 0.324 e. The van der Waals surface area contributed by atoms with E-state index >= 15 is 0 Å². The lowest BCUT2D eigenvalue weighted by atomic mass is 10.2. The van der Waals surface area contributed by atoms with Gasteiger partial charge in [0, 0.05) is 4.90 Å². The first kappa shape index (κ1) is 15.4. The number of hydrogen-bond acceptors (Lipinski definition) is 5. The first-order chi connectivity index (χ1) is 11.0. The molecule has 1 aliphatic rings. The zero-order chi connectivity index (χ0) is 16.4. The maximum Gasteiger partial charge on any atom is 0.261 e. The molecule has 0 fully saturated rings. The van der Waals surface area contributed by atoms with Crippen LogP contribution in [0, 0.1) is 11.3 Å². The third kappa shape index (κ3) is 3.31. The van der Waals surface area contributed by atoms with E-state index in [-0.39, 0.29) is 10.8 Å². The predicted octanol–water partition coefficient (Wildman–Crippen LogP) is 2.40. The highest BCUT2D eigenvalue weighted by atomic mass is 32.2. The molecule has 0 radical (unpaired) electrons. The van der Waals surface area contributed by atoms with Gasteiger partial charge in [-0.05, 0) is 36.4 Å². The number of anilines is 2. The van der Waals surface area contributed by atoms with Crippen LogP contribution >= 0.6 is 11.8 Å². The number of nitrogens with one attached hydrogen (secondary N) is 2. The molecule has 0 aliphatic carbocycles. The third-order valence-corrected chi connectivity index (χ3v) is 5.59. The molecule has 0 saturated carbocycles. The lowest BCUT2D eigenvalue weighted by molar-refractivity contribution is -0.113. The first-order valence-corrected chi connectivity index (χ1v) is 9.04. The monoisotopic (exact) mass is 345 g/mol. The number of carbonyl (C=O) groups excluding carboxylic acids is 1. The SMILES string of the molecule is N#Cc1cccc(NS(=O)(=O)c2ccc3c(c2)NC(=O)CS3)c1. The fourth-order valence-corrected chi connectivity index (χ4v) is 3.96. The zero-order valence-corrected chi connectivity index (χ0v) is 13.4. The molecule has 0 bridgehead atoms. The number of nitriles is 1. The average molecular weight is 345 g/mol. The molecule has 116 valence electrons. The number of amides is 1. The maximum atomic E-state index is 12.5. The second-order valence-electron chi connectivity index (χ2n) is 4.79. The Kier molecular flexibility index (Phi) is 3.98. The van der Waals surface area contributed by atoms with Gasteiger partial charge in [0.15, 0.2) is 0 Å².